The Labute approximate surface area is 61.8 Å². The molecule has 0 bridgehead atoms. The Morgan fingerprint density at radius 3 is 1.75 bits per heavy atom. The molecule has 0 aromatic carbocycles. The quantitative estimate of drug-likeness (QED) is 0.466. The van der Waals surface area contributed by atoms with E-state index >= 15 is 0 Å². The zero-order valence-corrected chi connectivity index (χ0v) is 7.64. The molecule has 50 valence electrons. The lowest BCUT2D eigenvalue weighted by Gasteiger charge is -2.18. The second kappa shape index (κ2) is 3.02. The molecule has 0 saturated carbocycles. The second-order valence-corrected chi connectivity index (χ2v) is 6.23. The summed E-state index contributed by atoms with van der Waals surface area (Å²) in [5.41, 5.74) is 0. The van der Waals surface area contributed by atoms with Crippen LogP contribution in [-0.4, -0.2) is 9.33 Å². The maximum atomic E-state index is 4.36. The standard InChI is InChI=1S/C6H14S2/c1-5(2)8-6(3,4)7/h5,7H,1-4H3. The first-order chi connectivity index (χ1) is 3.42. The summed E-state index contributed by atoms with van der Waals surface area (Å²) in [5.74, 6) is 0. The van der Waals surface area contributed by atoms with E-state index < -0.39 is 0 Å². The van der Waals surface area contributed by atoms with E-state index in [2.05, 4.69) is 40.3 Å². The molecule has 0 aliphatic rings. The maximum absolute atomic E-state index is 4.36. The molecular weight excluding hydrogens is 136 g/mol. The lowest BCUT2D eigenvalue weighted by atomic mass is 10.5. The normalized spacial score (nSPS) is 12.8. The second-order valence-electron chi connectivity index (χ2n) is 2.61. The van der Waals surface area contributed by atoms with Crippen molar-refractivity contribution in [1.29, 1.82) is 0 Å². The van der Waals surface area contributed by atoms with Crippen LogP contribution < -0.4 is 0 Å². The highest BCUT2D eigenvalue weighted by atomic mass is 32.2. The fourth-order valence-electron chi connectivity index (χ4n) is 0.577. The van der Waals surface area contributed by atoms with Crippen LogP contribution in [-0.2, 0) is 0 Å². The molecule has 0 rings (SSSR count). The summed E-state index contributed by atoms with van der Waals surface area (Å²) in [6, 6.07) is 0. The highest BCUT2D eigenvalue weighted by molar-refractivity contribution is 8.11. The Morgan fingerprint density at radius 1 is 1.38 bits per heavy atom. The average molecular weight is 150 g/mol. The van der Waals surface area contributed by atoms with Crippen molar-refractivity contribution in [3.8, 4) is 0 Å². The Kier molecular flexibility index (Phi) is 3.28. The summed E-state index contributed by atoms with van der Waals surface area (Å²) in [6.07, 6.45) is 0. The molecule has 0 N–H and O–H groups in total. The first kappa shape index (κ1) is 8.70. The number of thioether (sulfide) groups is 1. The first-order valence-electron chi connectivity index (χ1n) is 2.82. The molecule has 0 saturated heterocycles. The fraction of sp³-hybridized carbons (Fsp3) is 1.00. The third kappa shape index (κ3) is 6.70. The number of hydrogen-bond donors (Lipinski definition) is 1. The summed E-state index contributed by atoms with van der Waals surface area (Å²) in [5, 5.41) is 0.683. The third-order valence-electron chi connectivity index (χ3n) is 0.524. The van der Waals surface area contributed by atoms with Gasteiger partial charge in [0.25, 0.3) is 0 Å². The van der Waals surface area contributed by atoms with E-state index in [-0.39, 0.29) is 4.08 Å². The van der Waals surface area contributed by atoms with Crippen LogP contribution in [0, 0.1) is 0 Å². The molecule has 2 heteroatoms. The molecule has 0 aromatic rings. The van der Waals surface area contributed by atoms with Crippen LogP contribution in [0.5, 0.6) is 0 Å². The average Bonchev–Trinajstić information content (AvgIpc) is 1.21. The molecule has 0 radical (unpaired) electrons. The van der Waals surface area contributed by atoms with E-state index in [4.69, 9.17) is 0 Å². The lowest BCUT2D eigenvalue weighted by Crippen LogP contribution is -2.07. The Balaban J connectivity index is 3.39. The van der Waals surface area contributed by atoms with Crippen molar-refractivity contribution >= 4 is 24.4 Å². The van der Waals surface area contributed by atoms with Gasteiger partial charge in [-0.3, -0.25) is 0 Å². The van der Waals surface area contributed by atoms with Crippen LogP contribution in [0.4, 0.5) is 0 Å². The van der Waals surface area contributed by atoms with Gasteiger partial charge in [0.05, 0.1) is 4.08 Å². The van der Waals surface area contributed by atoms with E-state index in [1.807, 2.05) is 11.8 Å². The Morgan fingerprint density at radius 2 is 1.75 bits per heavy atom. The van der Waals surface area contributed by atoms with Gasteiger partial charge in [0.15, 0.2) is 0 Å². The van der Waals surface area contributed by atoms with Crippen molar-refractivity contribution in [1.82, 2.24) is 0 Å². The van der Waals surface area contributed by atoms with E-state index in [1.54, 1.807) is 0 Å². The molecule has 0 aliphatic carbocycles. The smallest absolute Gasteiger partial charge is 0.0528 e. The highest BCUT2D eigenvalue weighted by Gasteiger charge is 2.12. The highest BCUT2D eigenvalue weighted by Crippen LogP contribution is 2.31. The van der Waals surface area contributed by atoms with Gasteiger partial charge in [-0.15, -0.1) is 11.8 Å². The van der Waals surface area contributed by atoms with E-state index in [0.717, 1.165) is 0 Å². The van der Waals surface area contributed by atoms with E-state index in [0.29, 0.717) is 5.25 Å². The van der Waals surface area contributed by atoms with E-state index in [9.17, 15) is 0 Å². The van der Waals surface area contributed by atoms with Crippen molar-refractivity contribution in [3.05, 3.63) is 0 Å². The van der Waals surface area contributed by atoms with Gasteiger partial charge in [-0.2, -0.15) is 12.6 Å². The van der Waals surface area contributed by atoms with Crippen LogP contribution in [0.2, 0.25) is 0 Å². The minimum Gasteiger partial charge on any atom is -0.162 e. The molecule has 0 fully saturated rings. The topological polar surface area (TPSA) is 0 Å². The van der Waals surface area contributed by atoms with Crippen molar-refractivity contribution in [2.24, 2.45) is 0 Å². The summed E-state index contributed by atoms with van der Waals surface area (Å²) in [6.45, 7) is 8.59. The minimum absolute atomic E-state index is 0.133. The van der Waals surface area contributed by atoms with Crippen molar-refractivity contribution in [2.75, 3.05) is 0 Å². The van der Waals surface area contributed by atoms with Crippen LogP contribution in [0.1, 0.15) is 27.7 Å². The van der Waals surface area contributed by atoms with Crippen LogP contribution >= 0.6 is 24.4 Å². The zero-order chi connectivity index (χ0) is 6.78. The van der Waals surface area contributed by atoms with Gasteiger partial charge >= 0.3 is 0 Å². The summed E-state index contributed by atoms with van der Waals surface area (Å²) in [4.78, 5) is 0. The molecule has 0 amide bonds. The molecule has 0 aliphatic heterocycles. The molecular formula is C6H14S2. The van der Waals surface area contributed by atoms with Gasteiger partial charge < -0.3 is 0 Å². The Bertz CT molecular complexity index is 61.4. The summed E-state index contributed by atoms with van der Waals surface area (Å²) in [7, 11) is 0. The van der Waals surface area contributed by atoms with Gasteiger partial charge in [0.1, 0.15) is 0 Å². The van der Waals surface area contributed by atoms with Crippen molar-refractivity contribution in [2.45, 2.75) is 37.0 Å². The fourth-order valence-corrected chi connectivity index (χ4v) is 2.36. The molecule has 0 spiro atoms. The molecule has 0 nitrogen and oxygen atoms in total. The Hall–Kier alpha value is 0.700. The van der Waals surface area contributed by atoms with Crippen LogP contribution in [0.15, 0.2) is 0 Å². The number of hydrogen-bond acceptors (Lipinski definition) is 2. The maximum Gasteiger partial charge on any atom is 0.0528 e. The summed E-state index contributed by atoms with van der Waals surface area (Å²) < 4.78 is 0.133. The minimum atomic E-state index is 0.133. The summed E-state index contributed by atoms with van der Waals surface area (Å²) >= 11 is 6.23. The first-order valence-corrected chi connectivity index (χ1v) is 4.15. The predicted octanol–water partition coefficient (Wildman–Crippen LogP) is 2.79. The van der Waals surface area contributed by atoms with E-state index in [1.165, 1.54) is 0 Å². The number of rotatable bonds is 2. The largest absolute Gasteiger partial charge is 0.162 e. The lowest BCUT2D eigenvalue weighted by molar-refractivity contribution is 1.00. The molecule has 8 heavy (non-hydrogen) atoms. The molecule has 0 aromatic heterocycles. The predicted molar refractivity (Wildman–Crippen MR) is 45.8 cm³/mol. The van der Waals surface area contributed by atoms with Gasteiger partial charge in [-0.1, -0.05) is 13.8 Å². The third-order valence-corrected chi connectivity index (χ3v) is 1.89. The van der Waals surface area contributed by atoms with Crippen molar-refractivity contribution < 1.29 is 0 Å². The molecule has 0 heterocycles. The number of thiol groups is 1. The van der Waals surface area contributed by atoms with Gasteiger partial charge in [0.2, 0.25) is 0 Å². The molecule has 0 atom stereocenters. The van der Waals surface area contributed by atoms with Gasteiger partial charge in [-0.25, -0.2) is 0 Å². The van der Waals surface area contributed by atoms with Gasteiger partial charge in [0, 0.05) is 5.25 Å². The van der Waals surface area contributed by atoms with Gasteiger partial charge in [-0.05, 0) is 13.8 Å². The van der Waals surface area contributed by atoms with Crippen molar-refractivity contribution in [3.63, 3.8) is 0 Å². The van der Waals surface area contributed by atoms with Crippen LogP contribution in [0.25, 0.3) is 0 Å². The zero-order valence-electron chi connectivity index (χ0n) is 5.93. The monoisotopic (exact) mass is 150 g/mol. The SMILES string of the molecule is CC(C)SC(C)(C)S. The molecule has 0 unspecified atom stereocenters. The van der Waals surface area contributed by atoms with Crippen LogP contribution in [0.3, 0.4) is 0 Å².